The van der Waals surface area contributed by atoms with Crippen LogP contribution in [0.2, 0.25) is 0 Å². The van der Waals surface area contributed by atoms with E-state index in [4.69, 9.17) is 10.5 Å². The highest BCUT2D eigenvalue weighted by atomic mass is 16.5. The first-order chi connectivity index (χ1) is 8.31. The van der Waals surface area contributed by atoms with Crippen molar-refractivity contribution in [3.05, 3.63) is 18.2 Å². The van der Waals surface area contributed by atoms with E-state index in [2.05, 4.69) is 25.9 Å². The van der Waals surface area contributed by atoms with Crippen LogP contribution in [0, 0.1) is 0 Å². The highest BCUT2D eigenvalue weighted by molar-refractivity contribution is 5.73. The van der Waals surface area contributed by atoms with Gasteiger partial charge < -0.3 is 15.8 Å². The van der Waals surface area contributed by atoms with Crippen molar-refractivity contribution in [3.63, 3.8) is 0 Å². The summed E-state index contributed by atoms with van der Waals surface area (Å²) in [5, 5.41) is 16.9. The van der Waals surface area contributed by atoms with Gasteiger partial charge in [0.25, 0.3) is 0 Å². The molecule has 0 aliphatic heterocycles. The van der Waals surface area contributed by atoms with Gasteiger partial charge >= 0.3 is 0 Å². The van der Waals surface area contributed by atoms with Gasteiger partial charge in [0, 0.05) is 19.2 Å². The van der Waals surface area contributed by atoms with Crippen molar-refractivity contribution in [1.82, 2.24) is 20.6 Å². The number of aromatic nitrogens is 4. The van der Waals surface area contributed by atoms with Gasteiger partial charge in [0.15, 0.2) is 0 Å². The number of hydrogen-bond donors (Lipinski definition) is 3. The number of tetrazole rings is 1. The van der Waals surface area contributed by atoms with Gasteiger partial charge in [-0.1, -0.05) is 0 Å². The fourth-order valence-electron chi connectivity index (χ4n) is 1.42. The van der Waals surface area contributed by atoms with Crippen LogP contribution in [-0.4, -0.2) is 40.9 Å². The molecule has 0 saturated carbocycles. The molecule has 0 fully saturated rings. The zero-order valence-electron chi connectivity index (χ0n) is 9.47. The number of anilines is 2. The summed E-state index contributed by atoms with van der Waals surface area (Å²) in [6.45, 7) is 1.31. The number of nitrogens with one attached hydrogen (secondary N) is 2. The SMILES string of the molecule is COCCNc1cc(-c2nn[nH]n2)ccc1N. The number of nitrogen functional groups attached to an aromatic ring is 1. The van der Waals surface area contributed by atoms with Gasteiger partial charge in [-0.05, 0) is 23.4 Å². The molecule has 0 bridgehead atoms. The van der Waals surface area contributed by atoms with Crippen LogP contribution in [0.15, 0.2) is 18.2 Å². The summed E-state index contributed by atoms with van der Waals surface area (Å²) in [5.41, 5.74) is 8.22. The molecule has 1 heterocycles. The number of benzene rings is 1. The number of nitrogens with two attached hydrogens (primary N) is 1. The van der Waals surface area contributed by atoms with E-state index in [1.807, 2.05) is 12.1 Å². The van der Waals surface area contributed by atoms with Crippen LogP contribution < -0.4 is 11.1 Å². The summed E-state index contributed by atoms with van der Waals surface area (Å²) >= 11 is 0. The average Bonchev–Trinajstić information content (AvgIpc) is 2.85. The van der Waals surface area contributed by atoms with E-state index in [0.29, 0.717) is 24.7 Å². The summed E-state index contributed by atoms with van der Waals surface area (Å²) in [6.07, 6.45) is 0. The van der Waals surface area contributed by atoms with Crippen LogP contribution in [0.3, 0.4) is 0 Å². The van der Waals surface area contributed by atoms with E-state index < -0.39 is 0 Å². The molecule has 2 aromatic rings. The Morgan fingerprint density at radius 3 is 3.06 bits per heavy atom. The maximum Gasteiger partial charge on any atom is 0.204 e. The van der Waals surface area contributed by atoms with Crippen molar-refractivity contribution < 1.29 is 4.74 Å². The molecule has 7 nitrogen and oxygen atoms in total. The maximum absolute atomic E-state index is 5.86. The van der Waals surface area contributed by atoms with Crippen molar-refractivity contribution in [2.24, 2.45) is 0 Å². The van der Waals surface area contributed by atoms with E-state index >= 15 is 0 Å². The number of nitrogens with zero attached hydrogens (tertiary/aromatic N) is 3. The van der Waals surface area contributed by atoms with Crippen LogP contribution in [0.5, 0.6) is 0 Å². The number of aromatic amines is 1. The Kier molecular flexibility index (Phi) is 3.51. The number of hydrogen-bond acceptors (Lipinski definition) is 6. The number of rotatable bonds is 5. The van der Waals surface area contributed by atoms with Crippen molar-refractivity contribution in [2.45, 2.75) is 0 Å². The Labute approximate surface area is 98.4 Å². The number of H-pyrrole nitrogens is 1. The minimum Gasteiger partial charge on any atom is -0.397 e. The Morgan fingerprint density at radius 2 is 2.35 bits per heavy atom. The largest absolute Gasteiger partial charge is 0.397 e. The lowest BCUT2D eigenvalue weighted by Crippen LogP contribution is -2.09. The molecule has 0 aliphatic rings. The van der Waals surface area contributed by atoms with Gasteiger partial charge in [0.05, 0.1) is 18.0 Å². The fraction of sp³-hybridized carbons (Fsp3) is 0.300. The van der Waals surface area contributed by atoms with Gasteiger partial charge in [-0.25, -0.2) is 0 Å². The van der Waals surface area contributed by atoms with Gasteiger partial charge in [-0.15, -0.1) is 10.2 Å². The molecule has 0 radical (unpaired) electrons. The smallest absolute Gasteiger partial charge is 0.204 e. The monoisotopic (exact) mass is 234 g/mol. The molecule has 0 aliphatic carbocycles. The average molecular weight is 234 g/mol. The zero-order valence-corrected chi connectivity index (χ0v) is 9.47. The van der Waals surface area contributed by atoms with Gasteiger partial charge in [-0.2, -0.15) is 5.21 Å². The van der Waals surface area contributed by atoms with E-state index in [1.54, 1.807) is 13.2 Å². The molecule has 0 spiro atoms. The summed E-state index contributed by atoms with van der Waals surface area (Å²) < 4.78 is 4.96. The summed E-state index contributed by atoms with van der Waals surface area (Å²) in [6, 6.07) is 5.54. The van der Waals surface area contributed by atoms with Gasteiger partial charge in [-0.3, -0.25) is 0 Å². The van der Waals surface area contributed by atoms with Crippen LogP contribution in [-0.2, 0) is 4.74 Å². The molecule has 2 rings (SSSR count). The van der Waals surface area contributed by atoms with E-state index in [0.717, 1.165) is 11.3 Å². The second kappa shape index (κ2) is 5.26. The molecule has 4 N–H and O–H groups in total. The first kappa shape index (κ1) is 11.3. The van der Waals surface area contributed by atoms with E-state index in [1.165, 1.54) is 0 Å². The summed E-state index contributed by atoms with van der Waals surface area (Å²) in [7, 11) is 1.65. The summed E-state index contributed by atoms with van der Waals surface area (Å²) in [4.78, 5) is 0. The third-order valence-electron chi connectivity index (χ3n) is 2.28. The third kappa shape index (κ3) is 2.70. The molecule has 17 heavy (non-hydrogen) atoms. The second-order valence-corrected chi connectivity index (χ2v) is 3.46. The molecule has 0 amide bonds. The quantitative estimate of drug-likeness (QED) is 0.514. The van der Waals surface area contributed by atoms with E-state index in [9.17, 15) is 0 Å². The molecule has 0 unspecified atom stereocenters. The van der Waals surface area contributed by atoms with Crippen molar-refractivity contribution in [1.29, 1.82) is 0 Å². The molecular formula is C10H14N6O. The van der Waals surface area contributed by atoms with Gasteiger partial charge in [0.2, 0.25) is 5.82 Å². The number of ether oxygens (including phenoxy) is 1. The minimum atomic E-state index is 0.541. The standard InChI is InChI=1S/C10H14N6O/c1-17-5-4-12-9-6-7(2-3-8(9)11)10-13-15-16-14-10/h2-3,6,12H,4-5,11H2,1H3,(H,13,14,15,16). The highest BCUT2D eigenvalue weighted by Gasteiger charge is 2.06. The third-order valence-corrected chi connectivity index (χ3v) is 2.28. The van der Waals surface area contributed by atoms with Gasteiger partial charge in [0.1, 0.15) is 0 Å². The lowest BCUT2D eigenvalue weighted by Gasteiger charge is -2.09. The second-order valence-electron chi connectivity index (χ2n) is 3.46. The predicted molar refractivity (Wildman–Crippen MR) is 64.4 cm³/mol. The molecular weight excluding hydrogens is 220 g/mol. The van der Waals surface area contributed by atoms with Crippen LogP contribution in [0.1, 0.15) is 0 Å². The lowest BCUT2D eigenvalue weighted by molar-refractivity contribution is 0.211. The molecule has 7 heteroatoms. The molecule has 90 valence electrons. The Hall–Kier alpha value is -2.15. The first-order valence-electron chi connectivity index (χ1n) is 5.17. The first-order valence-corrected chi connectivity index (χ1v) is 5.17. The number of methoxy groups -OCH3 is 1. The normalized spacial score (nSPS) is 10.4. The Balaban J connectivity index is 2.18. The molecule has 0 saturated heterocycles. The molecule has 0 atom stereocenters. The Morgan fingerprint density at radius 1 is 1.47 bits per heavy atom. The van der Waals surface area contributed by atoms with Crippen LogP contribution >= 0.6 is 0 Å². The highest BCUT2D eigenvalue weighted by Crippen LogP contribution is 2.24. The predicted octanol–water partition coefficient (Wildman–Crippen LogP) is 0.507. The maximum atomic E-state index is 5.86. The van der Waals surface area contributed by atoms with Crippen LogP contribution in [0.4, 0.5) is 11.4 Å². The van der Waals surface area contributed by atoms with Crippen molar-refractivity contribution in [3.8, 4) is 11.4 Å². The minimum absolute atomic E-state index is 0.541. The van der Waals surface area contributed by atoms with Crippen LogP contribution in [0.25, 0.3) is 11.4 Å². The van der Waals surface area contributed by atoms with E-state index in [-0.39, 0.29) is 0 Å². The zero-order chi connectivity index (χ0) is 12.1. The summed E-state index contributed by atoms with van der Waals surface area (Å²) in [5.74, 6) is 0.541. The van der Waals surface area contributed by atoms with Crippen molar-refractivity contribution >= 4 is 11.4 Å². The molecule has 1 aromatic heterocycles. The molecule has 1 aromatic carbocycles. The topological polar surface area (TPSA) is 102 Å². The lowest BCUT2D eigenvalue weighted by atomic mass is 10.1. The fourth-order valence-corrected chi connectivity index (χ4v) is 1.42. The van der Waals surface area contributed by atoms with Crippen molar-refractivity contribution in [2.75, 3.05) is 31.3 Å². The Bertz CT molecular complexity index is 470.